The first-order valence-electron chi connectivity index (χ1n) is 8.79. The Bertz CT molecular complexity index is 873. The number of benzene rings is 2. The molecule has 1 saturated heterocycles. The molecule has 0 aromatic heterocycles. The van der Waals surface area contributed by atoms with Crippen LogP contribution in [0, 0.1) is 5.92 Å². The Balaban J connectivity index is 1.73. The van der Waals surface area contributed by atoms with Gasteiger partial charge in [-0.1, -0.05) is 60.7 Å². The number of piperidine rings is 1. The van der Waals surface area contributed by atoms with Crippen LogP contribution in [-0.2, 0) is 10.0 Å². The summed E-state index contributed by atoms with van der Waals surface area (Å²) < 4.78 is 25.9. The van der Waals surface area contributed by atoms with Gasteiger partial charge in [-0.2, -0.15) is 0 Å². The molecular weight excluding hydrogens is 346 g/mol. The molecule has 0 amide bonds. The van der Waals surface area contributed by atoms with Crippen LogP contribution in [0.1, 0.15) is 23.2 Å². The lowest BCUT2D eigenvalue weighted by molar-refractivity contribution is 0.0872. The number of rotatable bonds is 6. The van der Waals surface area contributed by atoms with Crippen LogP contribution in [0.5, 0.6) is 0 Å². The van der Waals surface area contributed by atoms with Crippen LogP contribution >= 0.6 is 0 Å². The smallest absolute Gasteiger partial charge is 0.217 e. The average Bonchev–Trinajstić information content (AvgIpc) is 2.68. The monoisotopic (exact) mass is 369 g/mol. The van der Waals surface area contributed by atoms with Crippen LogP contribution in [0.2, 0.25) is 0 Å². The van der Waals surface area contributed by atoms with E-state index in [9.17, 15) is 13.2 Å². The van der Waals surface area contributed by atoms with E-state index in [1.54, 1.807) is 0 Å². The molecule has 0 spiro atoms. The van der Waals surface area contributed by atoms with Crippen LogP contribution in [0.25, 0.3) is 11.1 Å². The SMILES string of the molecule is C=CCS(=O)(=O)N1CCC[C@H](C(=O)c2ccc(-c3ccccc3)cc2)C1. The first kappa shape index (κ1) is 18.5. The van der Waals surface area contributed by atoms with Gasteiger partial charge in [0.2, 0.25) is 10.0 Å². The van der Waals surface area contributed by atoms with E-state index in [4.69, 9.17) is 0 Å². The fraction of sp³-hybridized carbons (Fsp3) is 0.286. The van der Waals surface area contributed by atoms with Crippen molar-refractivity contribution < 1.29 is 13.2 Å². The maximum absolute atomic E-state index is 12.8. The minimum absolute atomic E-state index is 0.0168. The predicted molar refractivity (Wildman–Crippen MR) is 104 cm³/mol. The number of sulfonamides is 1. The molecule has 4 nitrogen and oxygen atoms in total. The van der Waals surface area contributed by atoms with Crippen molar-refractivity contribution in [2.45, 2.75) is 12.8 Å². The summed E-state index contributed by atoms with van der Waals surface area (Å²) in [7, 11) is -3.36. The Hall–Kier alpha value is -2.24. The molecule has 1 heterocycles. The van der Waals surface area contributed by atoms with Crippen LogP contribution in [0.15, 0.2) is 67.3 Å². The van der Waals surface area contributed by atoms with E-state index in [-0.39, 0.29) is 24.0 Å². The molecule has 0 N–H and O–H groups in total. The van der Waals surface area contributed by atoms with Gasteiger partial charge in [-0.15, -0.1) is 6.58 Å². The third kappa shape index (κ3) is 4.11. The van der Waals surface area contributed by atoms with Crippen molar-refractivity contribution in [2.75, 3.05) is 18.8 Å². The van der Waals surface area contributed by atoms with Gasteiger partial charge >= 0.3 is 0 Å². The summed E-state index contributed by atoms with van der Waals surface area (Å²) in [6.07, 6.45) is 2.82. The van der Waals surface area contributed by atoms with Crippen molar-refractivity contribution in [3.8, 4) is 11.1 Å². The standard InChI is InChI=1S/C21H23NO3S/c1-2-15-26(24,25)22-14-6-9-20(16-22)21(23)19-12-10-18(11-13-19)17-7-4-3-5-8-17/h2-5,7-8,10-13,20H,1,6,9,14-16H2/t20-/m0/s1. The molecule has 136 valence electrons. The van der Waals surface area contributed by atoms with Gasteiger partial charge in [-0.25, -0.2) is 12.7 Å². The lowest BCUT2D eigenvalue weighted by atomic mass is 9.90. The van der Waals surface area contributed by atoms with Gasteiger partial charge in [-0.05, 0) is 24.0 Å². The highest BCUT2D eigenvalue weighted by Gasteiger charge is 2.32. The summed E-state index contributed by atoms with van der Waals surface area (Å²) in [6.45, 7) is 4.24. The molecule has 0 unspecified atom stereocenters. The zero-order chi connectivity index (χ0) is 18.6. The van der Waals surface area contributed by atoms with Crippen LogP contribution < -0.4 is 0 Å². The number of carbonyl (C=O) groups excluding carboxylic acids is 1. The Labute approximate surface area is 155 Å². The number of carbonyl (C=O) groups is 1. The van der Waals surface area contributed by atoms with E-state index in [2.05, 4.69) is 6.58 Å². The zero-order valence-electron chi connectivity index (χ0n) is 14.7. The maximum Gasteiger partial charge on any atom is 0.217 e. The number of hydrogen-bond acceptors (Lipinski definition) is 3. The first-order valence-corrected chi connectivity index (χ1v) is 10.4. The Morgan fingerprint density at radius 2 is 1.73 bits per heavy atom. The van der Waals surface area contributed by atoms with Gasteiger partial charge in [0, 0.05) is 24.6 Å². The predicted octanol–water partition coefficient (Wildman–Crippen LogP) is 3.76. The summed E-state index contributed by atoms with van der Waals surface area (Å²) in [5.41, 5.74) is 2.80. The summed E-state index contributed by atoms with van der Waals surface area (Å²) >= 11 is 0. The lowest BCUT2D eigenvalue weighted by Crippen LogP contribution is -2.43. The zero-order valence-corrected chi connectivity index (χ0v) is 15.5. The van der Waals surface area contributed by atoms with Gasteiger partial charge in [0.05, 0.1) is 5.75 Å². The Morgan fingerprint density at radius 3 is 2.38 bits per heavy atom. The van der Waals surface area contributed by atoms with E-state index in [0.717, 1.165) is 17.5 Å². The molecule has 1 aliphatic rings. The van der Waals surface area contributed by atoms with Crippen molar-refractivity contribution in [2.24, 2.45) is 5.92 Å². The summed E-state index contributed by atoms with van der Waals surface area (Å²) in [5.74, 6) is -0.353. The molecule has 1 atom stereocenters. The van der Waals surface area contributed by atoms with Gasteiger partial charge in [-0.3, -0.25) is 4.79 Å². The summed E-state index contributed by atoms with van der Waals surface area (Å²) in [6, 6.07) is 17.5. The van der Waals surface area contributed by atoms with Gasteiger partial charge in [0.25, 0.3) is 0 Å². The van der Waals surface area contributed by atoms with E-state index in [1.165, 1.54) is 10.4 Å². The normalized spacial score (nSPS) is 18.4. The highest BCUT2D eigenvalue weighted by molar-refractivity contribution is 7.89. The second-order valence-electron chi connectivity index (χ2n) is 6.57. The molecule has 5 heteroatoms. The molecular formula is C21H23NO3S. The highest BCUT2D eigenvalue weighted by atomic mass is 32.2. The van der Waals surface area contributed by atoms with Crippen molar-refractivity contribution >= 4 is 15.8 Å². The molecule has 1 aliphatic heterocycles. The summed E-state index contributed by atoms with van der Waals surface area (Å²) in [5, 5.41) is 0. The largest absolute Gasteiger partial charge is 0.294 e. The van der Waals surface area contributed by atoms with Gasteiger partial charge in [0.15, 0.2) is 5.78 Å². The molecule has 2 aromatic carbocycles. The van der Waals surface area contributed by atoms with E-state index in [0.29, 0.717) is 18.5 Å². The number of nitrogens with zero attached hydrogens (tertiary/aromatic N) is 1. The molecule has 0 radical (unpaired) electrons. The van der Waals surface area contributed by atoms with E-state index in [1.807, 2.05) is 54.6 Å². The maximum atomic E-state index is 12.8. The lowest BCUT2D eigenvalue weighted by Gasteiger charge is -2.31. The molecule has 3 rings (SSSR count). The van der Waals surface area contributed by atoms with Gasteiger partial charge in [0.1, 0.15) is 0 Å². The van der Waals surface area contributed by atoms with Crippen LogP contribution in [-0.4, -0.2) is 37.3 Å². The quantitative estimate of drug-likeness (QED) is 0.575. The second kappa shape index (κ2) is 7.98. The summed E-state index contributed by atoms with van der Waals surface area (Å²) in [4.78, 5) is 12.8. The molecule has 2 aromatic rings. The Morgan fingerprint density at radius 1 is 1.08 bits per heavy atom. The van der Waals surface area contributed by atoms with Crippen molar-refractivity contribution in [1.29, 1.82) is 0 Å². The first-order chi connectivity index (χ1) is 12.5. The van der Waals surface area contributed by atoms with E-state index >= 15 is 0 Å². The second-order valence-corrected chi connectivity index (χ2v) is 8.59. The third-order valence-electron chi connectivity index (χ3n) is 4.75. The van der Waals surface area contributed by atoms with Crippen molar-refractivity contribution in [3.05, 3.63) is 72.8 Å². The molecule has 26 heavy (non-hydrogen) atoms. The molecule has 0 saturated carbocycles. The average molecular weight is 369 g/mol. The molecule has 0 aliphatic carbocycles. The fourth-order valence-corrected chi connectivity index (χ4v) is 4.68. The number of hydrogen-bond donors (Lipinski definition) is 0. The highest BCUT2D eigenvalue weighted by Crippen LogP contribution is 2.25. The molecule has 0 bridgehead atoms. The minimum atomic E-state index is -3.36. The topological polar surface area (TPSA) is 54.5 Å². The van der Waals surface area contributed by atoms with Crippen LogP contribution in [0.3, 0.4) is 0 Å². The van der Waals surface area contributed by atoms with Crippen molar-refractivity contribution in [1.82, 2.24) is 4.31 Å². The van der Waals surface area contributed by atoms with Gasteiger partial charge < -0.3 is 0 Å². The van der Waals surface area contributed by atoms with Crippen molar-refractivity contribution in [3.63, 3.8) is 0 Å². The fourth-order valence-electron chi connectivity index (χ4n) is 3.36. The minimum Gasteiger partial charge on any atom is -0.294 e. The third-order valence-corrected chi connectivity index (χ3v) is 6.53. The van der Waals surface area contributed by atoms with Crippen LogP contribution in [0.4, 0.5) is 0 Å². The van der Waals surface area contributed by atoms with E-state index < -0.39 is 10.0 Å². The Kier molecular flexibility index (Phi) is 5.69. The number of ketones is 1. The number of Topliss-reactive ketones (excluding diaryl/α,β-unsaturated/α-hetero) is 1. The molecule has 1 fully saturated rings.